The molecule has 0 saturated carbocycles. The van der Waals surface area contributed by atoms with E-state index in [1.54, 1.807) is 0 Å². The summed E-state index contributed by atoms with van der Waals surface area (Å²) in [5.41, 5.74) is 8.36. The molecule has 0 aliphatic rings. The molecule has 0 aliphatic carbocycles. The van der Waals surface area contributed by atoms with E-state index in [1.807, 2.05) is 38.2 Å². The fourth-order valence-electron chi connectivity index (χ4n) is 2.75. The van der Waals surface area contributed by atoms with Crippen LogP contribution in [-0.2, 0) is 7.05 Å². The number of aryl methyl sites for hydroxylation is 1. The standard InChI is InChI=1S/C19H22N2O/c1-14(20)12-19(15-6-4-3-5-7-15)22-17-8-9-18-16(13-17)10-11-21(18)2/h3-11,13-14,19H,12,20H2,1-2H3/t14?,19-/m1/s1. The van der Waals surface area contributed by atoms with Gasteiger partial charge in [-0.3, -0.25) is 0 Å². The van der Waals surface area contributed by atoms with Crippen LogP contribution in [0.4, 0.5) is 0 Å². The van der Waals surface area contributed by atoms with Crippen LogP contribution in [0.15, 0.2) is 60.8 Å². The van der Waals surface area contributed by atoms with Crippen LogP contribution < -0.4 is 10.5 Å². The summed E-state index contributed by atoms with van der Waals surface area (Å²) >= 11 is 0. The van der Waals surface area contributed by atoms with Crippen molar-refractivity contribution >= 4 is 10.9 Å². The van der Waals surface area contributed by atoms with Crippen molar-refractivity contribution in [2.75, 3.05) is 0 Å². The predicted molar refractivity (Wildman–Crippen MR) is 91.0 cm³/mol. The molecule has 0 radical (unpaired) electrons. The summed E-state index contributed by atoms with van der Waals surface area (Å²) < 4.78 is 8.35. The summed E-state index contributed by atoms with van der Waals surface area (Å²) in [6.07, 6.45) is 2.82. The van der Waals surface area contributed by atoms with E-state index in [0.29, 0.717) is 0 Å². The number of rotatable bonds is 5. The molecular formula is C19H22N2O. The summed E-state index contributed by atoms with van der Waals surface area (Å²) in [5, 5.41) is 1.19. The van der Waals surface area contributed by atoms with Crippen molar-refractivity contribution in [3.05, 3.63) is 66.4 Å². The van der Waals surface area contributed by atoms with E-state index >= 15 is 0 Å². The molecule has 3 nitrogen and oxygen atoms in total. The van der Waals surface area contributed by atoms with E-state index in [0.717, 1.165) is 17.7 Å². The third-order valence-corrected chi connectivity index (χ3v) is 3.89. The molecule has 2 atom stereocenters. The van der Waals surface area contributed by atoms with Gasteiger partial charge in [0.2, 0.25) is 0 Å². The van der Waals surface area contributed by atoms with Gasteiger partial charge in [-0.2, -0.15) is 0 Å². The van der Waals surface area contributed by atoms with Gasteiger partial charge in [0.25, 0.3) is 0 Å². The van der Waals surface area contributed by atoms with Crippen molar-refractivity contribution in [3.8, 4) is 5.75 Å². The minimum atomic E-state index is -0.0256. The van der Waals surface area contributed by atoms with Crippen molar-refractivity contribution in [2.45, 2.75) is 25.5 Å². The molecule has 1 aromatic heterocycles. The second-order valence-electron chi connectivity index (χ2n) is 5.88. The number of hydrogen-bond acceptors (Lipinski definition) is 2. The Kier molecular flexibility index (Phi) is 4.16. The van der Waals surface area contributed by atoms with E-state index in [4.69, 9.17) is 10.5 Å². The Hall–Kier alpha value is -2.26. The Morgan fingerprint density at radius 3 is 2.59 bits per heavy atom. The first kappa shape index (κ1) is 14.7. The Labute approximate surface area is 131 Å². The summed E-state index contributed by atoms with van der Waals surface area (Å²) in [7, 11) is 2.05. The highest BCUT2D eigenvalue weighted by molar-refractivity contribution is 5.81. The number of hydrogen-bond donors (Lipinski definition) is 1. The zero-order chi connectivity index (χ0) is 15.5. The van der Waals surface area contributed by atoms with E-state index in [9.17, 15) is 0 Å². The van der Waals surface area contributed by atoms with Crippen molar-refractivity contribution in [1.82, 2.24) is 4.57 Å². The lowest BCUT2D eigenvalue weighted by Crippen LogP contribution is -2.21. The first-order chi connectivity index (χ1) is 10.6. The molecule has 1 unspecified atom stereocenters. The monoisotopic (exact) mass is 294 g/mol. The van der Waals surface area contributed by atoms with Gasteiger partial charge >= 0.3 is 0 Å². The number of ether oxygens (including phenoxy) is 1. The van der Waals surface area contributed by atoms with Gasteiger partial charge in [-0.15, -0.1) is 0 Å². The maximum absolute atomic E-state index is 6.24. The molecule has 1 heterocycles. The SMILES string of the molecule is CC(N)C[C@@H](Oc1ccc2c(ccn2C)c1)c1ccccc1. The van der Waals surface area contributed by atoms with Gasteiger partial charge in [-0.25, -0.2) is 0 Å². The second-order valence-corrected chi connectivity index (χ2v) is 5.88. The Morgan fingerprint density at radius 2 is 1.86 bits per heavy atom. The first-order valence-electron chi connectivity index (χ1n) is 7.66. The summed E-state index contributed by atoms with van der Waals surface area (Å²) in [5.74, 6) is 0.883. The maximum Gasteiger partial charge on any atom is 0.125 e. The molecule has 0 aliphatic heterocycles. The quantitative estimate of drug-likeness (QED) is 0.771. The zero-order valence-corrected chi connectivity index (χ0v) is 13.1. The molecular weight excluding hydrogens is 272 g/mol. The topological polar surface area (TPSA) is 40.2 Å². The summed E-state index contributed by atoms with van der Waals surface area (Å²) in [6, 6.07) is 18.7. The van der Waals surface area contributed by atoms with Crippen molar-refractivity contribution in [3.63, 3.8) is 0 Å². The molecule has 3 aromatic rings. The highest BCUT2D eigenvalue weighted by Gasteiger charge is 2.15. The molecule has 114 valence electrons. The average Bonchev–Trinajstić information content (AvgIpc) is 2.88. The third kappa shape index (κ3) is 3.15. The van der Waals surface area contributed by atoms with Gasteiger partial charge in [-0.05, 0) is 36.8 Å². The fraction of sp³-hybridized carbons (Fsp3) is 0.263. The van der Waals surface area contributed by atoms with Crippen LogP contribution in [0.5, 0.6) is 5.75 Å². The van der Waals surface area contributed by atoms with Crippen molar-refractivity contribution in [2.24, 2.45) is 12.8 Å². The highest BCUT2D eigenvalue weighted by Crippen LogP contribution is 2.28. The largest absolute Gasteiger partial charge is 0.486 e. The van der Waals surface area contributed by atoms with E-state index < -0.39 is 0 Å². The minimum absolute atomic E-state index is 0.0256. The molecule has 0 fully saturated rings. The second kappa shape index (κ2) is 6.24. The molecule has 3 rings (SSSR count). The van der Waals surface area contributed by atoms with Gasteiger partial charge in [0.05, 0.1) is 0 Å². The maximum atomic E-state index is 6.24. The number of aromatic nitrogens is 1. The third-order valence-electron chi connectivity index (χ3n) is 3.89. The van der Waals surface area contributed by atoms with Gasteiger partial charge in [0.15, 0.2) is 0 Å². The Bertz CT molecular complexity index is 746. The van der Waals surface area contributed by atoms with E-state index in [2.05, 4.69) is 41.1 Å². The molecule has 0 spiro atoms. The van der Waals surface area contributed by atoms with Gasteiger partial charge in [0.1, 0.15) is 11.9 Å². The van der Waals surface area contributed by atoms with Gasteiger partial charge in [-0.1, -0.05) is 30.3 Å². The lowest BCUT2D eigenvalue weighted by Gasteiger charge is -2.21. The van der Waals surface area contributed by atoms with Crippen LogP contribution in [-0.4, -0.2) is 10.6 Å². The number of benzene rings is 2. The molecule has 0 saturated heterocycles. The molecule has 3 heteroatoms. The predicted octanol–water partition coefficient (Wildman–Crippen LogP) is 4.04. The summed E-state index contributed by atoms with van der Waals surface area (Å²) in [4.78, 5) is 0. The molecule has 2 aromatic carbocycles. The van der Waals surface area contributed by atoms with Crippen LogP contribution in [0.2, 0.25) is 0 Å². The molecule has 2 N–H and O–H groups in total. The normalized spacial score (nSPS) is 14.0. The molecule has 0 amide bonds. The van der Waals surface area contributed by atoms with Crippen LogP contribution >= 0.6 is 0 Å². The number of nitrogens with two attached hydrogens (primary N) is 1. The number of fused-ring (bicyclic) bond motifs is 1. The van der Waals surface area contributed by atoms with E-state index in [1.165, 1.54) is 10.9 Å². The Balaban J connectivity index is 1.88. The zero-order valence-electron chi connectivity index (χ0n) is 13.1. The smallest absolute Gasteiger partial charge is 0.125 e. The van der Waals surface area contributed by atoms with Crippen molar-refractivity contribution < 1.29 is 4.74 Å². The highest BCUT2D eigenvalue weighted by atomic mass is 16.5. The lowest BCUT2D eigenvalue weighted by molar-refractivity contribution is 0.187. The summed E-state index contributed by atoms with van der Waals surface area (Å²) in [6.45, 7) is 2.01. The molecule has 22 heavy (non-hydrogen) atoms. The van der Waals surface area contributed by atoms with Gasteiger partial charge < -0.3 is 15.0 Å². The number of nitrogens with zero attached hydrogens (tertiary/aromatic N) is 1. The van der Waals surface area contributed by atoms with Crippen molar-refractivity contribution in [1.29, 1.82) is 0 Å². The van der Waals surface area contributed by atoms with Gasteiger partial charge in [0, 0.05) is 36.6 Å². The molecule has 0 bridgehead atoms. The lowest BCUT2D eigenvalue weighted by atomic mass is 10.0. The van der Waals surface area contributed by atoms with Crippen LogP contribution in [0, 0.1) is 0 Å². The first-order valence-corrected chi connectivity index (χ1v) is 7.66. The fourth-order valence-corrected chi connectivity index (χ4v) is 2.75. The Morgan fingerprint density at radius 1 is 1.09 bits per heavy atom. The van der Waals surface area contributed by atoms with E-state index in [-0.39, 0.29) is 12.1 Å². The minimum Gasteiger partial charge on any atom is -0.486 e. The van der Waals surface area contributed by atoms with Crippen LogP contribution in [0.3, 0.4) is 0 Å². The van der Waals surface area contributed by atoms with Crippen LogP contribution in [0.25, 0.3) is 10.9 Å². The van der Waals surface area contributed by atoms with Crippen LogP contribution in [0.1, 0.15) is 25.0 Å². The average molecular weight is 294 g/mol.